The van der Waals surface area contributed by atoms with Crippen molar-refractivity contribution in [2.75, 3.05) is 0 Å². The molecule has 1 aromatic rings. The first-order valence-corrected chi connectivity index (χ1v) is 4.79. The van der Waals surface area contributed by atoms with Crippen LogP contribution in [0.4, 0.5) is 0 Å². The lowest BCUT2D eigenvalue weighted by atomic mass is 10.1. The molecule has 0 unspecified atom stereocenters. The normalized spacial score (nSPS) is 12.0. The zero-order chi connectivity index (χ0) is 10.4. The Kier molecular flexibility index (Phi) is 3.93. The third kappa shape index (κ3) is 3.06. The minimum atomic E-state index is 1.14. The number of hydrogen-bond acceptors (Lipinski definition) is 0. The van der Waals surface area contributed by atoms with Crippen LogP contribution < -0.4 is 0 Å². The highest BCUT2D eigenvalue weighted by atomic mass is 13.9. The van der Waals surface area contributed by atoms with Crippen LogP contribution in [0.25, 0.3) is 6.08 Å². The van der Waals surface area contributed by atoms with E-state index < -0.39 is 0 Å². The minimum Gasteiger partial charge on any atom is -0.0985 e. The van der Waals surface area contributed by atoms with E-state index >= 15 is 0 Å². The van der Waals surface area contributed by atoms with Crippen molar-refractivity contribution in [1.29, 1.82) is 0 Å². The highest BCUT2D eigenvalue weighted by Gasteiger charge is 1.86. The third-order valence-corrected chi connectivity index (χ3v) is 2.11. The predicted molar refractivity (Wildman–Crippen MR) is 64.2 cm³/mol. The van der Waals surface area contributed by atoms with Gasteiger partial charge in [0.05, 0.1) is 0 Å². The molecule has 0 aromatic heterocycles. The molecule has 0 heterocycles. The monoisotopic (exact) mass is 184 g/mol. The van der Waals surface area contributed by atoms with Crippen molar-refractivity contribution in [2.24, 2.45) is 0 Å². The molecule has 0 radical (unpaired) electrons. The standard InChI is InChI=1S/C14H16/c1-4-13(5-2)10-11-14-8-6-12(3)7-9-14/h4-11H,1H2,2-3H3. The van der Waals surface area contributed by atoms with Gasteiger partial charge in [-0.2, -0.15) is 0 Å². The van der Waals surface area contributed by atoms with Crippen LogP contribution in [0.2, 0.25) is 0 Å². The SMILES string of the molecule is C=CC(C=Cc1ccc(C)cc1)=CC. The summed E-state index contributed by atoms with van der Waals surface area (Å²) in [4.78, 5) is 0. The summed E-state index contributed by atoms with van der Waals surface area (Å²) in [5, 5.41) is 0. The predicted octanol–water partition coefficient (Wildman–Crippen LogP) is 4.14. The molecular formula is C14H16. The van der Waals surface area contributed by atoms with Crippen LogP contribution in [-0.4, -0.2) is 0 Å². The Hall–Kier alpha value is -1.56. The van der Waals surface area contributed by atoms with E-state index in [1.54, 1.807) is 0 Å². The van der Waals surface area contributed by atoms with Gasteiger partial charge in [-0.25, -0.2) is 0 Å². The fraction of sp³-hybridized carbons (Fsp3) is 0.143. The second-order valence-electron chi connectivity index (χ2n) is 3.24. The van der Waals surface area contributed by atoms with E-state index in [1.165, 1.54) is 11.1 Å². The molecule has 72 valence electrons. The highest BCUT2D eigenvalue weighted by molar-refractivity contribution is 5.54. The van der Waals surface area contributed by atoms with Crippen molar-refractivity contribution in [3.63, 3.8) is 0 Å². The molecule has 1 rings (SSSR count). The van der Waals surface area contributed by atoms with E-state index in [1.807, 2.05) is 19.1 Å². The molecule has 0 amide bonds. The van der Waals surface area contributed by atoms with Crippen molar-refractivity contribution in [1.82, 2.24) is 0 Å². The number of allylic oxidation sites excluding steroid dienone is 4. The van der Waals surface area contributed by atoms with Crippen LogP contribution in [0.1, 0.15) is 18.1 Å². The first kappa shape index (κ1) is 10.5. The number of aryl methyl sites for hydroxylation is 1. The summed E-state index contributed by atoms with van der Waals surface area (Å²) in [7, 11) is 0. The van der Waals surface area contributed by atoms with Gasteiger partial charge in [-0.15, -0.1) is 0 Å². The van der Waals surface area contributed by atoms with Gasteiger partial charge >= 0.3 is 0 Å². The molecule has 14 heavy (non-hydrogen) atoms. The molecule has 0 fully saturated rings. The van der Waals surface area contributed by atoms with Gasteiger partial charge in [-0.3, -0.25) is 0 Å². The molecule has 0 bridgehead atoms. The van der Waals surface area contributed by atoms with Crippen LogP contribution in [0.15, 0.2) is 54.6 Å². The Balaban J connectivity index is 2.78. The van der Waals surface area contributed by atoms with Gasteiger partial charge in [0.15, 0.2) is 0 Å². The zero-order valence-corrected chi connectivity index (χ0v) is 8.83. The van der Waals surface area contributed by atoms with Crippen LogP contribution in [-0.2, 0) is 0 Å². The molecule has 0 aliphatic heterocycles. The zero-order valence-electron chi connectivity index (χ0n) is 8.83. The average Bonchev–Trinajstić information content (AvgIpc) is 2.22. The van der Waals surface area contributed by atoms with E-state index in [0.29, 0.717) is 0 Å². The largest absolute Gasteiger partial charge is 0.0985 e. The molecule has 0 aliphatic carbocycles. The summed E-state index contributed by atoms with van der Waals surface area (Å²) in [6.45, 7) is 7.84. The second-order valence-corrected chi connectivity index (χ2v) is 3.24. The first-order chi connectivity index (χ1) is 6.76. The highest BCUT2D eigenvalue weighted by Crippen LogP contribution is 2.07. The van der Waals surface area contributed by atoms with Crippen molar-refractivity contribution < 1.29 is 0 Å². The Morgan fingerprint density at radius 2 is 1.86 bits per heavy atom. The summed E-state index contributed by atoms with van der Waals surface area (Å²) in [5.41, 5.74) is 3.65. The molecule has 0 N–H and O–H groups in total. The molecule has 0 saturated carbocycles. The lowest BCUT2D eigenvalue weighted by Crippen LogP contribution is -1.74. The van der Waals surface area contributed by atoms with Gasteiger partial charge in [-0.1, -0.05) is 60.7 Å². The maximum Gasteiger partial charge on any atom is -0.0256 e. The Morgan fingerprint density at radius 1 is 1.21 bits per heavy atom. The molecule has 0 heteroatoms. The van der Waals surface area contributed by atoms with E-state index in [2.05, 4.69) is 49.9 Å². The molecule has 0 nitrogen and oxygen atoms in total. The quantitative estimate of drug-likeness (QED) is 0.619. The van der Waals surface area contributed by atoms with Crippen molar-refractivity contribution in [3.8, 4) is 0 Å². The van der Waals surface area contributed by atoms with Crippen LogP contribution in [0, 0.1) is 6.92 Å². The van der Waals surface area contributed by atoms with Gasteiger partial charge in [-0.05, 0) is 25.0 Å². The number of rotatable bonds is 3. The van der Waals surface area contributed by atoms with E-state index in [-0.39, 0.29) is 0 Å². The molecule has 0 spiro atoms. The van der Waals surface area contributed by atoms with E-state index in [0.717, 1.165) is 5.57 Å². The fourth-order valence-electron chi connectivity index (χ4n) is 1.15. The molecule has 0 saturated heterocycles. The number of hydrogen-bond donors (Lipinski definition) is 0. The molecule has 0 aliphatic rings. The van der Waals surface area contributed by atoms with Gasteiger partial charge in [0, 0.05) is 0 Å². The summed E-state index contributed by atoms with van der Waals surface area (Å²) in [5.74, 6) is 0. The third-order valence-electron chi connectivity index (χ3n) is 2.11. The van der Waals surface area contributed by atoms with Crippen LogP contribution in [0.3, 0.4) is 0 Å². The van der Waals surface area contributed by atoms with Crippen LogP contribution >= 0.6 is 0 Å². The topological polar surface area (TPSA) is 0 Å². The van der Waals surface area contributed by atoms with E-state index in [4.69, 9.17) is 0 Å². The Labute approximate surface area is 86.3 Å². The smallest absolute Gasteiger partial charge is 0.0256 e. The summed E-state index contributed by atoms with van der Waals surface area (Å²) in [6.07, 6.45) is 8.05. The molecular weight excluding hydrogens is 168 g/mol. The van der Waals surface area contributed by atoms with Gasteiger partial charge in [0.2, 0.25) is 0 Å². The number of benzene rings is 1. The Morgan fingerprint density at radius 3 is 2.36 bits per heavy atom. The molecule has 1 aromatic carbocycles. The van der Waals surface area contributed by atoms with Crippen molar-refractivity contribution >= 4 is 6.08 Å². The average molecular weight is 184 g/mol. The van der Waals surface area contributed by atoms with Crippen molar-refractivity contribution in [2.45, 2.75) is 13.8 Å². The summed E-state index contributed by atoms with van der Waals surface area (Å²) in [6, 6.07) is 8.45. The lowest BCUT2D eigenvalue weighted by molar-refractivity contribution is 1.46. The minimum absolute atomic E-state index is 1.14. The van der Waals surface area contributed by atoms with Crippen molar-refractivity contribution in [3.05, 3.63) is 65.8 Å². The van der Waals surface area contributed by atoms with Gasteiger partial charge in [0.25, 0.3) is 0 Å². The fourth-order valence-corrected chi connectivity index (χ4v) is 1.15. The van der Waals surface area contributed by atoms with E-state index in [9.17, 15) is 0 Å². The van der Waals surface area contributed by atoms with Gasteiger partial charge < -0.3 is 0 Å². The van der Waals surface area contributed by atoms with Crippen LogP contribution in [0.5, 0.6) is 0 Å². The van der Waals surface area contributed by atoms with Gasteiger partial charge in [0.1, 0.15) is 0 Å². The maximum atomic E-state index is 3.74. The lowest BCUT2D eigenvalue weighted by Gasteiger charge is -1.95. The molecule has 0 atom stereocenters. The maximum absolute atomic E-state index is 3.74. The summed E-state index contributed by atoms with van der Waals surface area (Å²) < 4.78 is 0. The summed E-state index contributed by atoms with van der Waals surface area (Å²) >= 11 is 0. The Bertz CT molecular complexity index is 350. The second kappa shape index (κ2) is 5.23. The first-order valence-electron chi connectivity index (χ1n) is 4.79.